The molecule has 0 saturated carbocycles. The Kier molecular flexibility index (Phi) is 5.77. The van der Waals surface area contributed by atoms with Gasteiger partial charge in [0.05, 0.1) is 15.5 Å². The molecular weight excluding hydrogens is 567 g/mol. The van der Waals surface area contributed by atoms with Gasteiger partial charge in [-0.05, 0) is 97.0 Å². The predicted octanol–water partition coefficient (Wildman–Crippen LogP) is 11.7. The maximum Gasteiger partial charge on any atom is 0.109 e. The van der Waals surface area contributed by atoms with Gasteiger partial charge in [0.1, 0.15) is 9.73 Å². The number of nitrogens with zero attached hydrogens (tertiary/aromatic N) is 1. The molecule has 212 valence electrons. The van der Waals surface area contributed by atoms with Gasteiger partial charge in [0.2, 0.25) is 0 Å². The first-order valence-electron chi connectivity index (χ1n) is 15.2. The molecule has 9 rings (SSSR count). The summed E-state index contributed by atoms with van der Waals surface area (Å²) in [5.74, 6) is 0. The van der Waals surface area contributed by atoms with Crippen molar-refractivity contribution in [3.63, 3.8) is 0 Å². The van der Waals surface area contributed by atoms with E-state index < -0.39 is 9.73 Å². The van der Waals surface area contributed by atoms with Crippen LogP contribution in [0.15, 0.2) is 178 Å². The summed E-state index contributed by atoms with van der Waals surface area (Å²) in [7, 11) is -2.78. The molecule has 1 aliphatic rings. The normalized spacial score (nSPS) is 15.5. The zero-order chi connectivity index (χ0) is 30.0. The smallest absolute Gasteiger partial charge is 0.109 e. The van der Waals surface area contributed by atoms with Crippen molar-refractivity contribution in [2.75, 3.05) is 0 Å². The topological polar surface area (TPSA) is 29.4 Å². The highest BCUT2D eigenvalue weighted by atomic mass is 32.2. The van der Waals surface area contributed by atoms with Crippen molar-refractivity contribution >= 4 is 47.7 Å². The van der Waals surface area contributed by atoms with Gasteiger partial charge in [-0.2, -0.15) is 4.36 Å². The second-order valence-corrected chi connectivity index (χ2v) is 13.7. The molecule has 8 aromatic rings. The SMILES string of the molecule is O=S1(c2ccccc2)=Nc2ccc(-c3cccc(-c4ccc5c6ccccc6c6ccccc6c5c4)c3)cc2-c2ccccc21. The average Bonchev–Trinajstić information content (AvgIpc) is 3.12. The van der Waals surface area contributed by atoms with Crippen LogP contribution in [0.25, 0.3) is 65.7 Å². The lowest BCUT2D eigenvalue weighted by Gasteiger charge is -2.22. The largest absolute Gasteiger partial charge is 0.239 e. The highest BCUT2D eigenvalue weighted by Gasteiger charge is 2.26. The summed E-state index contributed by atoms with van der Waals surface area (Å²) in [6.45, 7) is 0. The summed E-state index contributed by atoms with van der Waals surface area (Å²) < 4.78 is 19.3. The van der Waals surface area contributed by atoms with Gasteiger partial charge in [-0.1, -0.05) is 121 Å². The van der Waals surface area contributed by atoms with Gasteiger partial charge in [0.15, 0.2) is 0 Å². The zero-order valence-corrected chi connectivity index (χ0v) is 25.2. The van der Waals surface area contributed by atoms with E-state index in [9.17, 15) is 4.21 Å². The first kappa shape index (κ1) is 25.9. The van der Waals surface area contributed by atoms with Crippen molar-refractivity contribution in [1.29, 1.82) is 0 Å². The Morgan fingerprint density at radius 2 is 0.911 bits per heavy atom. The third-order valence-electron chi connectivity index (χ3n) is 9.03. The molecule has 45 heavy (non-hydrogen) atoms. The zero-order valence-electron chi connectivity index (χ0n) is 24.4. The minimum atomic E-state index is -2.78. The molecule has 0 N–H and O–H groups in total. The second kappa shape index (κ2) is 10.0. The molecule has 0 spiro atoms. The maximum absolute atomic E-state index is 14.4. The minimum Gasteiger partial charge on any atom is -0.239 e. The van der Waals surface area contributed by atoms with Crippen LogP contribution >= 0.6 is 0 Å². The van der Waals surface area contributed by atoms with Gasteiger partial charge in [0.25, 0.3) is 0 Å². The first-order chi connectivity index (χ1) is 22.2. The van der Waals surface area contributed by atoms with Crippen LogP contribution in [0.2, 0.25) is 0 Å². The second-order valence-electron chi connectivity index (χ2n) is 11.6. The van der Waals surface area contributed by atoms with Crippen molar-refractivity contribution in [2.45, 2.75) is 9.79 Å². The van der Waals surface area contributed by atoms with Gasteiger partial charge >= 0.3 is 0 Å². The van der Waals surface area contributed by atoms with E-state index in [1.807, 2.05) is 54.6 Å². The number of hydrogen-bond acceptors (Lipinski definition) is 2. The lowest BCUT2D eigenvalue weighted by Crippen LogP contribution is -2.07. The molecule has 8 aromatic carbocycles. The Morgan fingerprint density at radius 3 is 1.62 bits per heavy atom. The van der Waals surface area contributed by atoms with Crippen molar-refractivity contribution in [1.82, 2.24) is 0 Å². The number of fused-ring (bicyclic) bond motifs is 9. The fourth-order valence-electron chi connectivity index (χ4n) is 6.88. The number of benzene rings is 8. The molecule has 0 amide bonds. The van der Waals surface area contributed by atoms with Crippen LogP contribution in [-0.2, 0) is 9.73 Å². The fourth-order valence-corrected chi connectivity index (χ4v) is 9.04. The van der Waals surface area contributed by atoms with Crippen LogP contribution in [0.1, 0.15) is 0 Å². The van der Waals surface area contributed by atoms with Crippen LogP contribution in [-0.4, -0.2) is 4.21 Å². The third kappa shape index (κ3) is 4.05. The van der Waals surface area contributed by atoms with Gasteiger partial charge in [0, 0.05) is 11.1 Å². The van der Waals surface area contributed by atoms with E-state index in [0.29, 0.717) is 0 Å². The van der Waals surface area contributed by atoms with Gasteiger partial charge in [-0.3, -0.25) is 0 Å². The van der Waals surface area contributed by atoms with Crippen LogP contribution in [0, 0.1) is 0 Å². The van der Waals surface area contributed by atoms with Crippen LogP contribution in [0.3, 0.4) is 0 Å². The molecule has 0 saturated heterocycles. The summed E-state index contributed by atoms with van der Waals surface area (Å²) >= 11 is 0. The van der Waals surface area contributed by atoms with E-state index in [-0.39, 0.29) is 0 Å². The minimum absolute atomic E-state index is 0.732. The van der Waals surface area contributed by atoms with E-state index in [4.69, 9.17) is 4.36 Å². The predicted molar refractivity (Wildman–Crippen MR) is 188 cm³/mol. The van der Waals surface area contributed by atoms with Crippen LogP contribution in [0.5, 0.6) is 0 Å². The number of hydrogen-bond donors (Lipinski definition) is 0. The maximum atomic E-state index is 14.4. The monoisotopic (exact) mass is 593 g/mol. The lowest BCUT2D eigenvalue weighted by molar-refractivity contribution is 0.676. The molecule has 0 aliphatic carbocycles. The van der Waals surface area contributed by atoms with Crippen LogP contribution < -0.4 is 0 Å². The van der Waals surface area contributed by atoms with Gasteiger partial charge < -0.3 is 0 Å². The average molecular weight is 594 g/mol. The fraction of sp³-hybridized carbons (Fsp3) is 0. The molecule has 1 atom stereocenters. The molecule has 1 heterocycles. The summed E-state index contributed by atoms with van der Waals surface area (Å²) in [5, 5.41) is 7.66. The molecule has 0 bridgehead atoms. The van der Waals surface area contributed by atoms with Crippen LogP contribution in [0.4, 0.5) is 5.69 Å². The highest BCUT2D eigenvalue weighted by Crippen LogP contribution is 2.46. The van der Waals surface area contributed by atoms with Gasteiger partial charge in [-0.15, -0.1) is 0 Å². The quantitative estimate of drug-likeness (QED) is 0.187. The van der Waals surface area contributed by atoms with Crippen molar-refractivity contribution in [3.8, 4) is 33.4 Å². The Bertz CT molecular complexity index is 2560. The summed E-state index contributed by atoms with van der Waals surface area (Å²) in [6, 6.07) is 56.9. The van der Waals surface area contributed by atoms with Crippen molar-refractivity contribution in [2.24, 2.45) is 4.36 Å². The third-order valence-corrected chi connectivity index (χ3v) is 11.4. The van der Waals surface area contributed by atoms with E-state index >= 15 is 0 Å². The molecule has 3 heteroatoms. The standard InChI is InChI=1S/C42H27NOS/c44-45(32-13-2-1-3-14-32)42-20-9-8-19-38(42)40-27-31(22-24-41(40)43-45)29-12-10-11-28(25-29)30-21-23-37-35-17-5-4-15-33(35)34-16-6-7-18-36(34)39(37)26-30/h1-27H. The Hall–Kier alpha value is -5.51. The van der Waals surface area contributed by atoms with E-state index in [2.05, 4.69) is 109 Å². The molecule has 1 aliphatic heterocycles. The van der Waals surface area contributed by atoms with Crippen molar-refractivity contribution in [3.05, 3.63) is 164 Å². The molecule has 0 radical (unpaired) electrons. The molecule has 1 unspecified atom stereocenters. The summed E-state index contributed by atoms with van der Waals surface area (Å²) in [5.41, 5.74) is 7.33. The Balaban J connectivity index is 1.18. The first-order valence-corrected chi connectivity index (χ1v) is 16.7. The van der Waals surface area contributed by atoms with E-state index in [1.165, 1.54) is 43.4 Å². The van der Waals surface area contributed by atoms with E-state index in [0.717, 1.165) is 37.7 Å². The molecule has 2 nitrogen and oxygen atoms in total. The Labute approximate surface area is 262 Å². The number of rotatable bonds is 3. The summed E-state index contributed by atoms with van der Waals surface area (Å²) in [6.07, 6.45) is 0. The Morgan fingerprint density at radius 1 is 0.378 bits per heavy atom. The van der Waals surface area contributed by atoms with Gasteiger partial charge in [-0.25, -0.2) is 4.21 Å². The summed E-state index contributed by atoms with van der Waals surface area (Å²) in [4.78, 5) is 1.50. The van der Waals surface area contributed by atoms with E-state index in [1.54, 1.807) is 0 Å². The molecule has 0 aromatic heterocycles. The highest BCUT2D eigenvalue weighted by molar-refractivity contribution is 7.94. The molecule has 0 fully saturated rings. The lowest BCUT2D eigenvalue weighted by atomic mass is 9.91. The van der Waals surface area contributed by atoms with Crippen molar-refractivity contribution < 1.29 is 4.21 Å². The molecular formula is C42H27NOS.